The molecule has 1 unspecified atom stereocenters. The maximum atomic E-state index is 9.91. The summed E-state index contributed by atoms with van der Waals surface area (Å²) < 4.78 is 8.32. The summed E-state index contributed by atoms with van der Waals surface area (Å²) in [5.41, 5.74) is 0.734. The Balaban J connectivity index is 1.84. The molecule has 20 heavy (non-hydrogen) atoms. The number of ether oxygens (including phenoxy) is 1. The van der Waals surface area contributed by atoms with Crippen LogP contribution in [0.15, 0.2) is 18.7 Å². The summed E-state index contributed by atoms with van der Waals surface area (Å²) >= 11 is 0. The van der Waals surface area contributed by atoms with Gasteiger partial charge in [0.1, 0.15) is 24.6 Å². The first-order valence-electron chi connectivity index (χ1n) is 6.13. The Bertz CT molecular complexity index is 597. The minimum Gasteiger partial charge on any atom is -0.394 e. The third-order valence-corrected chi connectivity index (χ3v) is 3.25. The number of aliphatic hydroxyl groups is 3. The molecule has 1 aliphatic rings. The molecule has 0 spiro atoms. The van der Waals surface area contributed by atoms with Gasteiger partial charge < -0.3 is 20.1 Å². The fourth-order valence-corrected chi connectivity index (χ4v) is 2.16. The third kappa shape index (κ3) is 2.10. The average molecular weight is 281 g/mol. The van der Waals surface area contributed by atoms with Crippen LogP contribution in [0.3, 0.4) is 0 Å². The van der Waals surface area contributed by atoms with Crippen LogP contribution in [0.2, 0.25) is 0 Å². The number of nitrogens with zero attached hydrogens (tertiary/aromatic N) is 5. The van der Waals surface area contributed by atoms with Crippen LogP contribution in [-0.2, 0) is 11.8 Å². The molecule has 3 heterocycles. The van der Waals surface area contributed by atoms with Gasteiger partial charge in [-0.15, -0.1) is 5.10 Å². The zero-order valence-electron chi connectivity index (χ0n) is 10.7. The van der Waals surface area contributed by atoms with E-state index in [1.54, 1.807) is 24.1 Å². The van der Waals surface area contributed by atoms with E-state index in [1.165, 1.54) is 11.0 Å². The van der Waals surface area contributed by atoms with Crippen molar-refractivity contribution in [1.82, 2.24) is 24.5 Å². The SMILES string of the molecule is Cn1cc(-c2ncn([C@@H]3O[C@H](CO)C(O)[C@@H]3O)n2)cn1. The van der Waals surface area contributed by atoms with Crippen LogP contribution in [-0.4, -0.2) is 64.8 Å². The van der Waals surface area contributed by atoms with Crippen LogP contribution < -0.4 is 0 Å². The minimum absolute atomic E-state index is 0.376. The molecule has 108 valence electrons. The van der Waals surface area contributed by atoms with E-state index >= 15 is 0 Å². The van der Waals surface area contributed by atoms with Crippen molar-refractivity contribution < 1.29 is 20.1 Å². The van der Waals surface area contributed by atoms with E-state index in [0.29, 0.717) is 5.82 Å². The Morgan fingerprint density at radius 3 is 2.75 bits per heavy atom. The Hall–Kier alpha value is -1.81. The van der Waals surface area contributed by atoms with Gasteiger partial charge in [0.25, 0.3) is 0 Å². The summed E-state index contributed by atoms with van der Waals surface area (Å²) in [7, 11) is 1.78. The predicted octanol–water partition coefficient (Wildman–Crippen LogP) is -1.71. The van der Waals surface area contributed by atoms with Gasteiger partial charge in [-0.3, -0.25) is 4.68 Å². The normalized spacial score (nSPS) is 30.0. The lowest BCUT2D eigenvalue weighted by Gasteiger charge is -2.13. The van der Waals surface area contributed by atoms with Crippen molar-refractivity contribution >= 4 is 0 Å². The Morgan fingerprint density at radius 2 is 2.15 bits per heavy atom. The lowest BCUT2D eigenvalue weighted by atomic mass is 10.1. The van der Waals surface area contributed by atoms with Crippen LogP contribution in [0.4, 0.5) is 0 Å². The van der Waals surface area contributed by atoms with E-state index in [-0.39, 0.29) is 6.61 Å². The van der Waals surface area contributed by atoms with Crippen LogP contribution in [0.1, 0.15) is 6.23 Å². The molecule has 2 aromatic rings. The molecule has 0 radical (unpaired) electrons. The van der Waals surface area contributed by atoms with Gasteiger partial charge in [-0.2, -0.15) is 5.10 Å². The Morgan fingerprint density at radius 1 is 1.35 bits per heavy atom. The predicted molar refractivity (Wildman–Crippen MR) is 65.2 cm³/mol. The van der Waals surface area contributed by atoms with Crippen LogP contribution >= 0.6 is 0 Å². The minimum atomic E-state index is -1.17. The van der Waals surface area contributed by atoms with E-state index in [1.807, 2.05) is 0 Å². The summed E-state index contributed by atoms with van der Waals surface area (Å²) in [5, 5.41) is 36.9. The number of aromatic nitrogens is 5. The highest BCUT2D eigenvalue weighted by molar-refractivity contribution is 5.50. The van der Waals surface area contributed by atoms with Gasteiger partial charge in [-0.05, 0) is 0 Å². The lowest BCUT2D eigenvalue weighted by Crippen LogP contribution is -2.33. The van der Waals surface area contributed by atoms with Gasteiger partial charge >= 0.3 is 0 Å². The van der Waals surface area contributed by atoms with Gasteiger partial charge in [0.15, 0.2) is 12.1 Å². The molecular formula is C11H15N5O4. The zero-order valence-corrected chi connectivity index (χ0v) is 10.7. The molecule has 1 saturated heterocycles. The van der Waals surface area contributed by atoms with Crippen LogP contribution in [0.5, 0.6) is 0 Å². The van der Waals surface area contributed by atoms with Crippen molar-refractivity contribution in [3.05, 3.63) is 18.7 Å². The topological polar surface area (TPSA) is 118 Å². The molecule has 2 aromatic heterocycles. The van der Waals surface area contributed by atoms with Gasteiger partial charge in [-0.25, -0.2) is 9.67 Å². The number of hydrogen-bond donors (Lipinski definition) is 3. The van der Waals surface area contributed by atoms with Gasteiger partial charge in [0.2, 0.25) is 0 Å². The molecule has 0 aromatic carbocycles. The number of hydrogen-bond acceptors (Lipinski definition) is 7. The summed E-state index contributed by atoms with van der Waals surface area (Å²) in [6, 6.07) is 0. The quantitative estimate of drug-likeness (QED) is 0.613. The maximum absolute atomic E-state index is 9.91. The van der Waals surface area contributed by atoms with E-state index in [9.17, 15) is 10.2 Å². The number of aliphatic hydroxyl groups excluding tert-OH is 3. The summed E-state index contributed by atoms with van der Waals surface area (Å²) in [4.78, 5) is 4.12. The highest BCUT2D eigenvalue weighted by Crippen LogP contribution is 2.29. The zero-order chi connectivity index (χ0) is 14.3. The second-order valence-electron chi connectivity index (χ2n) is 4.68. The van der Waals surface area contributed by atoms with Gasteiger partial charge in [0.05, 0.1) is 18.4 Å². The number of rotatable bonds is 3. The molecule has 9 heteroatoms. The van der Waals surface area contributed by atoms with Crippen molar-refractivity contribution in [2.75, 3.05) is 6.61 Å². The lowest BCUT2D eigenvalue weighted by molar-refractivity contribution is -0.0587. The highest BCUT2D eigenvalue weighted by Gasteiger charge is 2.43. The Kier molecular flexibility index (Phi) is 3.26. The van der Waals surface area contributed by atoms with Crippen molar-refractivity contribution in [3.8, 4) is 11.4 Å². The van der Waals surface area contributed by atoms with E-state index in [2.05, 4.69) is 15.2 Å². The second kappa shape index (κ2) is 4.94. The molecular weight excluding hydrogens is 266 g/mol. The van der Waals surface area contributed by atoms with E-state index in [0.717, 1.165) is 5.56 Å². The summed E-state index contributed by atoms with van der Waals surface area (Å²) in [6.45, 7) is -0.376. The largest absolute Gasteiger partial charge is 0.394 e. The number of aryl methyl sites for hydroxylation is 1. The van der Waals surface area contributed by atoms with Crippen molar-refractivity contribution in [2.45, 2.75) is 24.5 Å². The van der Waals surface area contributed by atoms with Crippen LogP contribution in [0.25, 0.3) is 11.4 Å². The second-order valence-corrected chi connectivity index (χ2v) is 4.68. The van der Waals surface area contributed by atoms with Gasteiger partial charge in [0, 0.05) is 13.2 Å². The van der Waals surface area contributed by atoms with Crippen molar-refractivity contribution in [1.29, 1.82) is 0 Å². The monoisotopic (exact) mass is 281 g/mol. The molecule has 0 amide bonds. The first-order chi connectivity index (χ1) is 9.60. The third-order valence-electron chi connectivity index (χ3n) is 3.25. The Labute approximate surface area is 114 Å². The first kappa shape index (κ1) is 13.2. The standard InChI is InChI=1S/C11H15N5O4/c1-15-3-6(2-13-15)10-12-5-16(14-10)11-9(19)8(18)7(4-17)20-11/h2-3,5,7-9,11,17-19H,4H2,1H3/t7-,8?,9+,11-/m1/s1. The first-order valence-corrected chi connectivity index (χ1v) is 6.13. The van der Waals surface area contributed by atoms with Crippen molar-refractivity contribution in [3.63, 3.8) is 0 Å². The highest BCUT2D eigenvalue weighted by atomic mass is 16.6. The molecule has 3 N–H and O–H groups in total. The van der Waals surface area contributed by atoms with Crippen LogP contribution in [0, 0.1) is 0 Å². The molecule has 4 atom stereocenters. The molecule has 3 rings (SSSR count). The fraction of sp³-hybridized carbons (Fsp3) is 0.545. The average Bonchev–Trinajstić information content (AvgIpc) is 3.12. The summed E-state index contributed by atoms with van der Waals surface area (Å²) in [6.07, 6.45) is 0.754. The van der Waals surface area contributed by atoms with Gasteiger partial charge in [-0.1, -0.05) is 0 Å². The smallest absolute Gasteiger partial charge is 0.184 e. The van der Waals surface area contributed by atoms with Crippen molar-refractivity contribution in [2.24, 2.45) is 7.05 Å². The van der Waals surface area contributed by atoms with E-state index in [4.69, 9.17) is 9.84 Å². The fourth-order valence-electron chi connectivity index (χ4n) is 2.16. The molecule has 0 aliphatic carbocycles. The maximum Gasteiger partial charge on any atom is 0.184 e. The van der Waals surface area contributed by atoms with E-state index < -0.39 is 24.5 Å². The molecule has 9 nitrogen and oxygen atoms in total. The molecule has 1 fully saturated rings. The summed E-state index contributed by atoms with van der Waals surface area (Å²) in [5.74, 6) is 0.441. The molecule has 1 aliphatic heterocycles. The molecule has 0 saturated carbocycles. The molecule has 0 bridgehead atoms.